The van der Waals surface area contributed by atoms with Crippen LogP contribution in [0.2, 0.25) is 0 Å². The maximum absolute atomic E-state index is 6.55. The molecule has 15 aromatic carbocycles. The number of nitrogens with zero attached hydrogens (tertiary/aromatic N) is 4. The number of furan rings is 2. The minimum atomic E-state index is -0.238. The van der Waals surface area contributed by atoms with Crippen LogP contribution >= 0.6 is 0 Å². The first kappa shape index (κ1) is 68.2. The zero-order chi connectivity index (χ0) is 76.9. The fraction of sp³-hybridized carbons (Fsp3) is 0.151. The van der Waals surface area contributed by atoms with Crippen LogP contribution in [0.3, 0.4) is 0 Å². The number of anilines is 6. The molecule has 2 aliphatic rings. The standard InChI is InChI=1S/C106H87BN4O2/c1-103(2,3)68-54-66(55-69(60-68)104(4,5)6)76-34-25-36-82-78-30-15-21-40-90(78)108(101(76)82)72-48-50-86-94(62-72)110(88-38-19-13-28-74(88)64-46-52-98-84(58-64)80-32-17-23-44-96(80)112-98)92-42-27-43-93-100(92)107(86)87-51-49-73(63-95(87)111(93)89-39-20-14-29-75(89)65-47-53-99-85(59-65)81-33-18-24-45-97(81)113-99)109-91-41-22-16-31-79(91)83-37-26-35-77(102(83)109)67-56-70(105(7,8)9)61-71(57-67)106(10,11)12/h13-63H,1-12H3. The number of hydrogen-bond donors (Lipinski definition) is 0. The highest BCUT2D eigenvalue weighted by atomic mass is 16.3. The zero-order valence-electron chi connectivity index (χ0n) is 66.1. The molecule has 113 heavy (non-hydrogen) atoms. The first-order chi connectivity index (χ1) is 54.6. The Bertz CT molecular complexity index is 6720. The summed E-state index contributed by atoms with van der Waals surface area (Å²) in [5, 5.41) is 9.22. The maximum atomic E-state index is 6.55. The molecule has 2 aliphatic heterocycles. The van der Waals surface area contributed by atoms with E-state index in [1.54, 1.807) is 0 Å². The number of para-hydroxylation sites is 8. The molecular weight excluding hydrogens is 1370 g/mol. The van der Waals surface area contributed by atoms with Gasteiger partial charge >= 0.3 is 0 Å². The van der Waals surface area contributed by atoms with Gasteiger partial charge in [0.15, 0.2) is 0 Å². The monoisotopic (exact) mass is 1460 g/mol. The van der Waals surface area contributed by atoms with Crippen molar-refractivity contribution in [3.8, 4) is 55.9 Å². The number of fused-ring (bicyclic) bond motifs is 16. The highest BCUT2D eigenvalue weighted by molar-refractivity contribution is 7.00. The zero-order valence-corrected chi connectivity index (χ0v) is 66.1. The van der Waals surface area contributed by atoms with E-state index in [1.165, 1.54) is 93.5 Å². The van der Waals surface area contributed by atoms with E-state index >= 15 is 0 Å². The van der Waals surface area contributed by atoms with Gasteiger partial charge in [0.2, 0.25) is 0 Å². The Morgan fingerprint density at radius 2 is 0.575 bits per heavy atom. The summed E-state index contributed by atoms with van der Waals surface area (Å²) in [5.74, 6) is 0. The third-order valence-electron chi connectivity index (χ3n) is 24.5. The number of benzene rings is 15. The normalized spacial score (nSPS) is 13.3. The van der Waals surface area contributed by atoms with Crippen molar-refractivity contribution < 1.29 is 8.83 Å². The average molecular weight is 1460 g/mol. The lowest BCUT2D eigenvalue weighted by molar-refractivity contribution is 0.568. The summed E-state index contributed by atoms with van der Waals surface area (Å²) in [6, 6.07) is 117. The van der Waals surface area contributed by atoms with Gasteiger partial charge in [-0.15, -0.1) is 0 Å². The maximum Gasteiger partial charge on any atom is 0.252 e. The molecule has 0 aliphatic carbocycles. The molecular formula is C106H87BN4O2. The molecule has 546 valence electrons. The number of rotatable bonds is 8. The summed E-state index contributed by atoms with van der Waals surface area (Å²) in [4.78, 5) is 5.22. The molecule has 0 spiro atoms. The fourth-order valence-corrected chi connectivity index (χ4v) is 18.7. The van der Waals surface area contributed by atoms with Gasteiger partial charge in [-0.05, 0) is 180 Å². The first-order valence-electron chi connectivity index (χ1n) is 40.0. The van der Waals surface area contributed by atoms with Crippen LogP contribution < -0.4 is 26.2 Å². The molecule has 0 amide bonds. The molecule has 6 heterocycles. The molecule has 0 bridgehead atoms. The van der Waals surface area contributed by atoms with Crippen LogP contribution in [-0.2, 0) is 21.7 Å². The predicted molar refractivity (Wildman–Crippen MR) is 480 cm³/mol. The Hall–Kier alpha value is -12.8. The van der Waals surface area contributed by atoms with Crippen molar-refractivity contribution in [2.75, 3.05) is 9.80 Å². The van der Waals surface area contributed by atoms with Gasteiger partial charge < -0.3 is 27.8 Å². The van der Waals surface area contributed by atoms with Crippen LogP contribution in [0.5, 0.6) is 0 Å². The molecule has 0 atom stereocenters. The fourth-order valence-electron chi connectivity index (χ4n) is 18.7. The first-order valence-corrected chi connectivity index (χ1v) is 40.0. The Balaban J connectivity index is 0.853. The van der Waals surface area contributed by atoms with Gasteiger partial charge in [-0.1, -0.05) is 295 Å². The highest BCUT2D eigenvalue weighted by Gasteiger charge is 2.45. The van der Waals surface area contributed by atoms with Crippen molar-refractivity contribution in [2.45, 2.75) is 105 Å². The number of aromatic nitrogens is 2. The summed E-state index contributed by atoms with van der Waals surface area (Å²) in [5.41, 5.74) is 34.7. The summed E-state index contributed by atoms with van der Waals surface area (Å²) in [6.45, 7) is 27.9. The van der Waals surface area contributed by atoms with E-state index in [2.05, 4.69) is 411 Å². The van der Waals surface area contributed by atoms with Crippen LogP contribution in [0.4, 0.5) is 34.1 Å². The Morgan fingerprint density at radius 1 is 0.239 bits per heavy atom. The van der Waals surface area contributed by atoms with Crippen LogP contribution in [0.1, 0.15) is 105 Å². The van der Waals surface area contributed by atoms with Gasteiger partial charge in [0.25, 0.3) is 6.71 Å². The lowest BCUT2D eigenvalue weighted by atomic mass is 9.33. The molecule has 0 unspecified atom stereocenters. The lowest BCUT2D eigenvalue weighted by Gasteiger charge is -2.45. The molecule has 4 aromatic heterocycles. The van der Waals surface area contributed by atoms with Crippen molar-refractivity contribution in [2.24, 2.45) is 0 Å². The molecule has 21 rings (SSSR count). The van der Waals surface area contributed by atoms with Crippen LogP contribution in [-0.4, -0.2) is 15.8 Å². The van der Waals surface area contributed by atoms with Gasteiger partial charge in [0.1, 0.15) is 22.3 Å². The Morgan fingerprint density at radius 3 is 0.991 bits per heavy atom. The van der Waals surface area contributed by atoms with Gasteiger partial charge in [-0.3, -0.25) is 0 Å². The largest absolute Gasteiger partial charge is 0.456 e. The minimum Gasteiger partial charge on any atom is -0.456 e. The molecule has 0 saturated carbocycles. The summed E-state index contributed by atoms with van der Waals surface area (Å²) >= 11 is 0. The Labute approximate surface area is 660 Å². The van der Waals surface area contributed by atoms with Crippen LogP contribution in [0, 0.1) is 0 Å². The van der Waals surface area contributed by atoms with Gasteiger partial charge in [-0.25, -0.2) is 0 Å². The van der Waals surface area contributed by atoms with E-state index in [-0.39, 0.29) is 28.4 Å². The molecule has 0 saturated heterocycles. The van der Waals surface area contributed by atoms with E-state index < -0.39 is 0 Å². The molecule has 19 aromatic rings. The SMILES string of the molecule is CC(C)(C)c1cc(-c2cccc3c4ccccc4n(-c4ccc5c(c4)N(c4ccccc4-c4ccc6oc7ccccc7c6c4)c4cccc6c4B5c4ccc(-n5c7ccccc7c7cccc(-c8cc(C(C)(C)C)cc(C(C)(C)C)c8)c75)cc4N6c4ccccc4-c4ccc5oc6ccccc6c5c4)c23)cc(C(C)(C)C)c1. The van der Waals surface area contributed by atoms with Crippen molar-refractivity contribution in [1.82, 2.24) is 9.13 Å². The summed E-state index contributed by atoms with van der Waals surface area (Å²) in [7, 11) is 0. The topological polar surface area (TPSA) is 42.6 Å². The second-order valence-corrected chi connectivity index (χ2v) is 35.7. The molecule has 7 heteroatoms. The van der Waals surface area contributed by atoms with Crippen LogP contribution in [0.15, 0.2) is 318 Å². The second-order valence-electron chi connectivity index (χ2n) is 35.7. The van der Waals surface area contributed by atoms with Gasteiger partial charge in [0.05, 0.1) is 33.4 Å². The minimum absolute atomic E-state index is 0.0848. The summed E-state index contributed by atoms with van der Waals surface area (Å²) in [6.07, 6.45) is 0. The highest BCUT2D eigenvalue weighted by Crippen LogP contribution is 2.52. The Kier molecular flexibility index (Phi) is 15.0. The van der Waals surface area contributed by atoms with Crippen molar-refractivity contribution >= 4 is 145 Å². The molecule has 6 nitrogen and oxygen atoms in total. The predicted octanol–water partition coefficient (Wildman–Crippen LogP) is 27.6. The van der Waals surface area contributed by atoms with Crippen molar-refractivity contribution in [3.05, 3.63) is 332 Å². The van der Waals surface area contributed by atoms with E-state index in [9.17, 15) is 0 Å². The second kappa shape index (κ2) is 24.8. The quantitative estimate of drug-likeness (QED) is 0.142. The molecule has 0 N–H and O–H groups in total. The third-order valence-corrected chi connectivity index (χ3v) is 24.5. The third kappa shape index (κ3) is 10.7. The van der Waals surface area contributed by atoms with E-state index in [0.29, 0.717) is 0 Å². The van der Waals surface area contributed by atoms with Crippen molar-refractivity contribution in [3.63, 3.8) is 0 Å². The van der Waals surface area contributed by atoms with E-state index in [4.69, 9.17) is 8.83 Å². The lowest BCUT2D eigenvalue weighted by Crippen LogP contribution is -2.61. The smallest absolute Gasteiger partial charge is 0.252 e. The summed E-state index contributed by atoms with van der Waals surface area (Å²) < 4.78 is 18.2. The van der Waals surface area contributed by atoms with Gasteiger partial charge in [-0.2, -0.15) is 0 Å². The molecule has 0 fully saturated rings. The van der Waals surface area contributed by atoms with E-state index in [1.807, 2.05) is 0 Å². The average Bonchev–Trinajstić information content (AvgIpc) is 1.15. The van der Waals surface area contributed by atoms with Gasteiger partial charge in [0, 0.05) is 99.5 Å². The van der Waals surface area contributed by atoms with E-state index in [0.717, 1.165) is 123 Å². The number of hydrogen-bond acceptors (Lipinski definition) is 4. The molecule has 0 radical (unpaired) electrons. The van der Waals surface area contributed by atoms with Crippen molar-refractivity contribution in [1.29, 1.82) is 0 Å². The van der Waals surface area contributed by atoms with Crippen LogP contribution in [0.25, 0.3) is 143 Å².